The number of halogens is 1. The number of carboxylic acid groups (broad SMARTS) is 1. The molecule has 1 aromatic rings. The van der Waals surface area contributed by atoms with E-state index in [1.807, 2.05) is 12.3 Å². The monoisotopic (exact) mass is 264 g/mol. The van der Waals surface area contributed by atoms with E-state index in [1.54, 1.807) is 0 Å². The van der Waals surface area contributed by atoms with Crippen LogP contribution >= 0.6 is 27.3 Å². The van der Waals surface area contributed by atoms with E-state index in [2.05, 4.69) is 15.9 Å². The summed E-state index contributed by atoms with van der Waals surface area (Å²) in [6.45, 7) is 1.93. The molecule has 1 rings (SSSR count). The van der Waals surface area contributed by atoms with Gasteiger partial charge in [0.05, 0.1) is 0 Å². The maximum atomic E-state index is 10.4. The van der Waals surface area contributed by atoms with E-state index < -0.39 is 12.1 Å². The Morgan fingerprint density at radius 1 is 1.77 bits per heavy atom. The van der Waals surface area contributed by atoms with Gasteiger partial charge in [-0.15, -0.1) is 11.3 Å². The van der Waals surface area contributed by atoms with Crippen LogP contribution in [0, 0.1) is 6.92 Å². The first-order chi connectivity index (χ1) is 6.02. The van der Waals surface area contributed by atoms with Gasteiger partial charge in [0, 0.05) is 15.8 Å². The van der Waals surface area contributed by atoms with Gasteiger partial charge in [-0.25, -0.2) is 4.79 Å². The van der Waals surface area contributed by atoms with Crippen LogP contribution in [0.2, 0.25) is 0 Å². The first kappa shape index (κ1) is 10.7. The zero-order chi connectivity index (χ0) is 10.0. The standard InChI is InChI=1S/C8H9BrO3S/c1-4-3-13-6(7(4)9)2-5(10)8(11)12/h3,5,10H,2H2,1H3,(H,11,12). The maximum absolute atomic E-state index is 10.4. The zero-order valence-corrected chi connectivity index (χ0v) is 9.35. The van der Waals surface area contributed by atoms with Gasteiger partial charge in [0.1, 0.15) is 0 Å². The molecule has 72 valence electrons. The largest absolute Gasteiger partial charge is 0.479 e. The van der Waals surface area contributed by atoms with E-state index in [0.717, 1.165) is 14.9 Å². The van der Waals surface area contributed by atoms with Crippen molar-refractivity contribution in [2.75, 3.05) is 0 Å². The van der Waals surface area contributed by atoms with Crippen LogP contribution < -0.4 is 0 Å². The number of aliphatic carboxylic acids is 1. The predicted octanol–water partition coefficient (Wildman–Crippen LogP) is 1.81. The topological polar surface area (TPSA) is 57.5 Å². The van der Waals surface area contributed by atoms with Crippen LogP contribution in [0.15, 0.2) is 9.85 Å². The van der Waals surface area contributed by atoms with Crippen molar-refractivity contribution in [3.63, 3.8) is 0 Å². The molecular weight excluding hydrogens is 256 g/mol. The highest BCUT2D eigenvalue weighted by atomic mass is 79.9. The Morgan fingerprint density at radius 2 is 2.38 bits per heavy atom. The van der Waals surface area contributed by atoms with Crippen molar-refractivity contribution < 1.29 is 15.0 Å². The molecule has 1 heterocycles. The third-order valence-corrected chi connectivity index (χ3v) is 4.13. The van der Waals surface area contributed by atoms with Gasteiger partial charge in [-0.1, -0.05) is 0 Å². The number of carboxylic acids is 1. The Labute approximate surface area is 88.1 Å². The molecule has 0 saturated heterocycles. The second-order valence-electron chi connectivity index (χ2n) is 2.71. The van der Waals surface area contributed by atoms with Gasteiger partial charge in [-0.3, -0.25) is 0 Å². The average Bonchev–Trinajstić information content (AvgIpc) is 2.36. The van der Waals surface area contributed by atoms with E-state index in [9.17, 15) is 4.79 Å². The molecule has 0 radical (unpaired) electrons. The van der Waals surface area contributed by atoms with Crippen LogP contribution in [0.5, 0.6) is 0 Å². The van der Waals surface area contributed by atoms with Crippen LogP contribution in [0.4, 0.5) is 0 Å². The molecule has 0 aliphatic carbocycles. The molecule has 3 nitrogen and oxygen atoms in total. The number of rotatable bonds is 3. The van der Waals surface area contributed by atoms with Crippen molar-refractivity contribution in [2.45, 2.75) is 19.4 Å². The number of aliphatic hydroxyl groups is 1. The maximum Gasteiger partial charge on any atom is 0.332 e. The predicted molar refractivity (Wildman–Crippen MR) is 54.1 cm³/mol. The minimum absolute atomic E-state index is 0.161. The minimum Gasteiger partial charge on any atom is -0.479 e. The van der Waals surface area contributed by atoms with E-state index in [0.29, 0.717) is 0 Å². The van der Waals surface area contributed by atoms with E-state index in [4.69, 9.17) is 10.2 Å². The van der Waals surface area contributed by atoms with Crippen molar-refractivity contribution in [3.05, 3.63) is 20.3 Å². The van der Waals surface area contributed by atoms with Gasteiger partial charge in [0.15, 0.2) is 6.10 Å². The summed E-state index contributed by atoms with van der Waals surface area (Å²) >= 11 is 4.79. The molecule has 1 atom stereocenters. The van der Waals surface area contributed by atoms with E-state index in [-0.39, 0.29) is 6.42 Å². The second-order valence-corrected chi connectivity index (χ2v) is 4.47. The van der Waals surface area contributed by atoms with Gasteiger partial charge in [0.2, 0.25) is 0 Å². The first-order valence-electron chi connectivity index (χ1n) is 3.65. The molecule has 0 spiro atoms. The Bertz CT molecular complexity index is 321. The quantitative estimate of drug-likeness (QED) is 0.876. The number of hydrogen-bond acceptors (Lipinski definition) is 3. The summed E-state index contributed by atoms with van der Waals surface area (Å²) in [7, 11) is 0. The number of hydrogen-bond donors (Lipinski definition) is 2. The fraction of sp³-hybridized carbons (Fsp3) is 0.375. The molecule has 0 aliphatic heterocycles. The summed E-state index contributed by atoms with van der Waals surface area (Å²) < 4.78 is 0.901. The van der Waals surface area contributed by atoms with Crippen LogP contribution in [0.1, 0.15) is 10.4 Å². The molecule has 0 saturated carbocycles. The summed E-state index contributed by atoms with van der Waals surface area (Å²) in [6.07, 6.45) is -1.15. The third kappa shape index (κ3) is 2.52. The third-order valence-electron chi connectivity index (χ3n) is 1.63. The summed E-state index contributed by atoms with van der Waals surface area (Å²) in [5.41, 5.74) is 1.07. The summed E-state index contributed by atoms with van der Waals surface area (Å²) in [6, 6.07) is 0. The Morgan fingerprint density at radius 3 is 2.77 bits per heavy atom. The average molecular weight is 265 g/mol. The van der Waals surface area contributed by atoms with Crippen molar-refractivity contribution in [2.24, 2.45) is 0 Å². The lowest BCUT2D eigenvalue weighted by Gasteiger charge is -2.03. The molecular formula is C8H9BrO3S. The first-order valence-corrected chi connectivity index (χ1v) is 5.33. The SMILES string of the molecule is Cc1csc(CC(O)C(=O)O)c1Br. The lowest BCUT2D eigenvalue weighted by molar-refractivity contribution is -0.146. The Hall–Kier alpha value is -0.390. The molecule has 0 bridgehead atoms. The number of aliphatic hydroxyl groups excluding tert-OH is 1. The van der Waals surface area contributed by atoms with Crippen LogP contribution in [-0.2, 0) is 11.2 Å². The van der Waals surface area contributed by atoms with Crippen molar-refractivity contribution in [1.29, 1.82) is 0 Å². The molecule has 2 N–H and O–H groups in total. The second kappa shape index (κ2) is 4.21. The Kier molecular flexibility index (Phi) is 3.47. The smallest absolute Gasteiger partial charge is 0.332 e. The lowest BCUT2D eigenvalue weighted by Crippen LogP contribution is -2.21. The van der Waals surface area contributed by atoms with Crippen LogP contribution in [-0.4, -0.2) is 22.3 Å². The number of thiophene rings is 1. The van der Waals surface area contributed by atoms with Crippen molar-refractivity contribution in [1.82, 2.24) is 0 Å². The molecule has 0 aromatic carbocycles. The van der Waals surface area contributed by atoms with Gasteiger partial charge >= 0.3 is 5.97 Å². The van der Waals surface area contributed by atoms with Gasteiger partial charge in [-0.2, -0.15) is 0 Å². The highest BCUT2D eigenvalue weighted by molar-refractivity contribution is 9.10. The molecule has 13 heavy (non-hydrogen) atoms. The van der Waals surface area contributed by atoms with E-state index in [1.165, 1.54) is 11.3 Å². The minimum atomic E-state index is -1.31. The molecule has 0 amide bonds. The highest BCUT2D eigenvalue weighted by Crippen LogP contribution is 2.28. The van der Waals surface area contributed by atoms with Crippen molar-refractivity contribution >= 4 is 33.2 Å². The molecule has 1 unspecified atom stereocenters. The number of carbonyl (C=O) groups is 1. The Balaban J connectivity index is 2.74. The fourth-order valence-corrected chi connectivity index (χ4v) is 2.55. The molecule has 5 heteroatoms. The lowest BCUT2D eigenvalue weighted by atomic mass is 10.2. The zero-order valence-electron chi connectivity index (χ0n) is 6.95. The van der Waals surface area contributed by atoms with Crippen molar-refractivity contribution in [3.8, 4) is 0 Å². The summed E-state index contributed by atoms with van der Waals surface area (Å²) in [5, 5.41) is 19.5. The molecule has 0 fully saturated rings. The fourth-order valence-electron chi connectivity index (χ4n) is 0.884. The normalized spacial score (nSPS) is 12.8. The van der Waals surface area contributed by atoms with Gasteiger partial charge < -0.3 is 10.2 Å². The van der Waals surface area contributed by atoms with Gasteiger partial charge in [-0.05, 0) is 33.8 Å². The number of aryl methyl sites for hydroxylation is 1. The summed E-state index contributed by atoms with van der Waals surface area (Å²) in [4.78, 5) is 11.2. The highest BCUT2D eigenvalue weighted by Gasteiger charge is 2.17. The molecule has 0 aliphatic rings. The molecule has 1 aromatic heterocycles. The van der Waals surface area contributed by atoms with E-state index >= 15 is 0 Å². The van der Waals surface area contributed by atoms with Crippen LogP contribution in [0.25, 0.3) is 0 Å². The van der Waals surface area contributed by atoms with Gasteiger partial charge in [0.25, 0.3) is 0 Å². The summed E-state index contributed by atoms with van der Waals surface area (Å²) in [5.74, 6) is -1.18. The van der Waals surface area contributed by atoms with Crippen LogP contribution in [0.3, 0.4) is 0 Å².